The summed E-state index contributed by atoms with van der Waals surface area (Å²) in [6.07, 6.45) is 7.04. The van der Waals surface area contributed by atoms with Crippen molar-refractivity contribution < 1.29 is 4.74 Å². The molecule has 0 aliphatic carbocycles. The minimum atomic E-state index is 0.467. The first-order valence-electron chi connectivity index (χ1n) is 4.35. The van der Waals surface area contributed by atoms with E-state index in [1.165, 1.54) is 0 Å². The number of hydrogen-bond donors (Lipinski definition) is 0. The van der Waals surface area contributed by atoms with Crippen molar-refractivity contribution in [3.05, 3.63) is 42.7 Å². The molecule has 0 radical (unpaired) electrons. The van der Waals surface area contributed by atoms with Gasteiger partial charge in [-0.05, 0) is 12.1 Å². The molecular formula is C10H11N3O. The van der Waals surface area contributed by atoms with Crippen LogP contribution < -0.4 is 4.74 Å². The van der Waals surface area contributed by atoms with Crippen LogP contribution >= 0.6 is 0 Å². The fourth-order valence-corrected chi connectivity index (χ4v) is 1.12. The van der Waals surface area contributed by atoms with Gasteiger partial charge in [0.25, 0.3) is 0 Å². The number of aryl methyl sites for hydroxylation is 1. The molecule has 0 aliphatic heterocycles. The Morgan fingerprint density at radius 3 is 3.00 bits per heavy atom. The third-order valence-electron chi connectivity index (χ3n) is 1.92. The summed E-state index contributed by atoms with van der Waals surface area (Å²) in [4.78, 5) is 8.10. The Bertz CT molecular complexity index is 397. The van der Waals surface area contributed by atoms with E-state index in [1.807, 2.05) is 29.9 Å². The van der Waals surface area contributed by atoms with Crippen LogP contribution in [0.3, 0.4) is 0 Å². The Hall–Kier alpha value is -1.84. The lowest BCUT2D eigenvalue weighted by molar-refractivity contribution is 0.290. The van der Waals surface area contributed by atoms with Crippen LogP contribution in [0.1, 0.15) is 5.82 Å². The highest BCUT2D eigenvalue weighted by Gasteiger charge is 1.99. The first-order chi connectivity index (χ1) is 6.86. The van der Waals surface area contributed by atoms with E-state index < -0.39 is 0 Å². The number of imidazole rings is 1. The van der Waals surface area contributed by atoms with Gasteiger partial charge in [0, 0.05) is 25.6 Å². The van der Waals surface area contributed by atoms with Crippen molar-refractivity contribution in [1.29, 1.82) is 0 Å². The normalized spacial score (nSPS) is 10.1. The van der Waals surface area contributed by atoms with Crippen LogP contribution in [0.15, 0.2) is 36.9 Å². The average Bonchev–Trinajstić information content (AvgIpc) is 2.63. The van der Waals surface area contributed by atoms with Gasteiger partial charge >= 0.3 is 0 Å². The molecule has 2 rings (SSSR count). The number of aromatic nitrogens is 3. The summed E-state index contributed by atoms with van der Waals surface area (Å²) >= 11 is 0. The van der Waals surface area contributed by atoms with Gasteiger partial charge in [0.2, 0.25) is 0 Å². The number of ether oxygens (including phenoxy) is 1. The Morgan fingerprint density at radius 2 is 2.36 bits per heavy atom. The maximum Gasteiger partial charge on any atom is 0.146 e. The van der Waals surface area contributed by atoms with Gasteiger partial charge in [0.1, 0.15) is 18.2 Å². The molecule has 14 heavy (non-hydrogen) atoms. The topological polar surface area (TPSA) is 39.9 Å². The molecule has 0 bridgehead atoms. The van der Waals surface area contributed by atoms with Crippen LogP contribution in [-0.4, -0.2) is 14.5 Å². The monoisotopic (exact) mass is 189 g/mol. The van der Waals surface area contributed by atoms with E-state index >= 15 is 0 Å². The molecule has 4 heteroatoms. The van der Waals surface area contributed by atoms with Crippen molar-refractivity contribution in [2.24, 2.45) is 7.05 Å². The minimum Gasteiger partial charge on any atom is -0.484 e. The first-order valence-corrected chi connectivity index (χ1v) is 4.35. The van der Waals surface area contributed by atoms with E-state index in [1.54, 1.807) is 18.6 Å². The molecule has 72 valence electrons. The van der Waals surface area contributed by atoms with Crippen LogP contribution in [0.4, 0.5) is 0 Å². The van der Waals surface area contributed by atoms with Crippen molar-refractivity contribution in [1.82, 2.24) is 14.5 Å². The van der Waals surface area contributed by atoms with E-state index in [4.69, 9.17) is 4.74 Å². The van der Waals surface area contributed by atoms with Crippen LogP contribution in [0, 0.1) is 0 Å². The lowest BCUT2D eigenvalue weighted by atomic mass is 10.5. The molecule has 4 nitrogen and oxygen atoms in total. The van der Waals surface area contributed by atoms with Gasteiger partial charge in [-0.25, -0.2) is 4.98 Å². The van der Waals surface area contributed by atoms with E-state index in [9.17, 15) is 0 Å². The van der Waals surface area contributed by atoms with E-state index in [0.717, 1.165) is 11.6 Å². The number of nitrogens with zero attached hydrogens (tertiary/aromatic N) is 3. The summed E-state index contributed by atoms with van der Waals surface area (Å²) in [5.41, 5.74) is 0. The van der Waals surface area contributed by atoms with Gasteiger partial charge in [-0.2, -0.15) is 0 Å². The molecule has 2 heterocycles. The van der Waals surface area contributed by atoms with Gasteiger partial charge in [0.05, 0.1) is 6.20 Å². The Labute approximate surface area is 82.2 Å². The van der Waals surface area contributed by atoms with Crippen molar-refractivity contribution in [3.63, 3.8) is 0 Å². The highest BCUT2D eigenvalue weighted by Crippen LogP contribution is 2.08. The molecule has 0 amide bonds. The van der Waals surface area contributed by atoms with Gasteiger partial charge in [0.15, 0.2) is 0 Å². The van der Waals surface area contributed by atoms with E-state index in [2.05, 4.69) is 9.97 Å². The summed E-state index contributed by atoms with van der Waals surface area (Å²) in [6, 6.07) is 3.71. The second kappa shape index (κ2) is 3.91. The van der Waals surface area contributed by atoms with Crippen molar-refractivity contribution >= 4 is 0 Å². The molecule has 0 N–H and O–H groups in total. The Balaban J connectivity index is 1.99. The molecular weight excluding hydrogens is 178 g/mol. The summed E-state index contributed by atoms with van der Waals surface area (Å²) in [6.45, 7) is 0.467. The summed E-state index contributed by atoms with van der Waals surface area (Å²) in [7, 11) is 1.94. The molecule has 0 saturated heterocycles. The number of rotatable bonds is 3. The molecule has 2 aromatic heterocycles. The zero-order valence-electron chi connectivity index (χ0n) is 7.92. The van der Waals surface area contributed by atoms with Crippen LogP contribution in [0.2, 0.25) is 0 Å². The SMILES string of the molecule is Cn1ccnc1COc1cccnc1. The summed E-state index contributed by atoms with van der Waals surface area (Å²) in [5, 5.41) is 0. The quantitative estimate of drug-likeness (QED) is 0.732. The van der Waals surface area contributed by atoms with Crippen LogP contribution in [0.5, 0.6) is 5.75 Å². The minimum absolute atomic E-state index is 0.467. The molecule has 0 unspecified atom stereocenters. The molecule has 2 aromatic rings. The second-order valence-electron chi connectivity index (χ2n) is 2.93. The average molecular weight is 189 g/mol. The van der Waals surface area contributed by atoms with Crippen LogP contribution in [0.25, 0.3) is 0 Å². The predicted molar refractivity (Wildman–Crippen MR) is 51.8 cm³/mol. The second-order valence-corrected chi connectivity index (χ2v) is 2.93. The highest BCUT2D eigenvalue weighted by molar-refractivity contribution is 5.15. The molecule has 0 aliphatic rings. The third kappa shape index (κ3) is 1.90. The Morgan fingerprint density at radius 1 is 1.43 bits per heavy atom. The highest BCUT2D eigenvalue weighted by atomic mass is 16.5. The van der Waals surface area contributed by atoms with Gasteiger partial charge < -0.3 is 9.30 Å². The number of hydrogen-bond acceptors (Lipinski definition) is 3. The number of pyridine rings is 1. The standard InChI is InChI=1S/C10H11N3O/c1-13-6-5-12-10(13)8-14-9-3-2-4-11-7-9/h2-7H,8H2,1H3. The largest absolute Gasteiger partial charge is 0.484 e. The molecule has 0 spiro atoms. The van der Waals surface area contributed by atoms with E-state index in [0.29, 0.717) is 6.61 Å². The van der Waals surface area contributed by atoms with Crippen molar-refractivity contribution in [2.45, 2.75) is 6.61 Å². The third-order valence-corrected chi connectivity index (χ3v) is 1.92. The maximum absolute atomic E-state index is 5.49. The molecule has 0 atom stereocenters. The van der Waals surface area contributed by atoms with Gasteiger partial charge in [-0.15, -0.1) is 0 Å². The zero-order valence-corrected chi connectivity index (χ0v) is 7.92. The van der Waals surface area contributed by atoms with E-state index in [-0.39, 0.29) is 0 Å². The Kier molecular flexibility index (Phi) is 2.44. The predicted octanol–water partition coefficient (Wildman–Crippen LogP) is 1.39. The zero-order chi connectivity index (χ0) is 9.80. The van der Waals surface area contributed by atoms with Gasteiger partial charge in [-0.1, -0.05) is 0 Å². The maximum atomic E-state index is 5.49. The first kappa shape index (κ1) is 8.74. The van der Waals surface area contributed by atoms with Gasteiger partial charge in [-0.3, -0.25) is 4.98 Å². The lowest BCUT2D eigenvalue weighted by Crippen LogP contribution is -2.02. The van der Waals surface area contributed by atoms with Crippen LogP contribution in [-0.2, 0) is 13.7 Å². The molecule has 0 saturated carbocycles. The fourth-order valence-electron chi connectivity index (χ4n) is 1.12. The smallest absolute Gasteiger partial charge is 0.146 e. The molecule has 0 fully saturated rings. The summed E-state index contributed by atoms with van der Waals surface area (Å²) < 4.78 is 7.41. The molecule has 0 aromatic carbocycles. The fraction of sp³-hybridized carbons (Fsp3) is 0.200. The van der Waals surface area contributed by atoms with Crippen molar-refractivity contribution in [3.8, 4) is 5.75 Å². The lowest BCUT2D eigenvalue weighted by Gasteiger charge is -2.04. The van der Waals surface area contributed by atoms with Crippen molar-refractivity contribution in [2.75, 3.05) is 0 Å². The summed E-state index contributed by atoms with van der Waals surface area (Å²) in [5.74, 6) is 1.66.